The average molecular weight is 223 g/mol. The summed E-state index contributed by atoms with van der Waals surface area (Å²) in [6.45, 7) is 5.41. The van der Waals surface area contributed by atoms with E-state index in [4.69, 9.17) is 4.74 Å². The van der Waals surface area contributed by atoms with E-state index < -0.39 is 0 Å². The van der Waals surface area contributed by atoms with Crippen molar-refractivity contribution < 1.29 is 4.74 Å². The van der Waals surface area contributed by atoms with Gasteiger partial charge in [0.2, 0.25) is 0 Å². The van der Waals surface area contributed by atoms with Crippen LogP contribution in [0.1, 0.15) is 45.4 Å². The van der Waals surface area contributed by atoms with E-state index in [1.165, 1.54) is 38.5 Å². The predicted octanol–water partition coefficient (Wildman–Crippen LogP) is 2.89. The van der Waals surface area contributed by atoms with Gasteiger partial charge in [-0.05, 0) is 57.9 Å². The van der Waals surface area contributed by atoms with Gasteiger partial charge in [0.1, 0.15) is 0 Å². The summed E-state index contributed by atoms with van der Waals surface area (Å²) >= 11 is 0. The Morgan fingerprint density at radius 2 is 2.25 bits per heavy atom. The van der Waals surface area contributed by atoms with Gasteiger partial charge < -0.3 is 10.1 Å². The lowest BCUT2D eigenvalue weighted by atomic mass is 9.93. The quantitative estimate of drug-likeness (QED) is 0.724. The Balaban J connectivity index is 1.60. The molecule has 0 aromatic carbocycles. The Kier molecular flexibility index (Phi) is 4.86. The van der Waals surface area contributed by atoms with Gasteiger partial charge in [0.25, 0.3) is 0 Å². The maximum atomic E-state index is 5.40. The highest BCUT2D eigenvalue weighted by Gasteiger charge is 2.19. The summed E-state index contributed by atoms with van der Waals surface area (Å²) in [7, 11) is 0. The minimum atomic E-state index is 0.658. The van der Waals surface area contributed by atoms with Crippen LogP contribution in [0.15, 0.2) is 11.6 Å². The number of hydrogen-bond acceptors (Lipinski definition) is 2. The largest absolute Gasteiger partial charge is 0.381 e. The van der Waals surface area contributed by atoms with Gasteiger partial charge >= 0.3 is 0 Å². The molecule has 2 nitrogen and oxygen atoms in total. The van der Waals surface area contributed by atoms with Crippen molar-refractivity contribution in [3.05, 3.63) is 11.6 Å². The van der Waals surface area contributed by atoms with E-state index >= 15 is 0 Å². The first-order valence-corrected chi connectivity index (χ1v) is 6.85. The van der Waals surface area contributed by atoms with Crippen LogP contribution in [0.5, 0.6) is 0 Å². The first-order chi connectivity index (χ1) is 7.86. The number of nitrogens with one attached hydrogen (secondary N) is 1. The van der Waals surface area contributed by atoms with Crippen LogP contribution in [0, 0.1) is 5.92 Å². The van der Waals surface area contributed by atoms with E-state index in [1.807, 2.05) is 0 Å². The molecule has 0 amide bonds. The molecule has 2 aliphatic rings. The first kappa shape index (κ1) is 12.1. The van der Waals surface area contributed by atoms with Crippen molar-refractivity contribution >= 4 is 0 Å². The zero-order valence-electron chi connectivity index (χ0n) is 10.5. The highest BCUT2D eigenvalue weighted by Crippen LogP contribution is 2.21. The molecule has 0 bridgehead atoms. The van der Waals surface area contributed by atoms with Crippen molar-refractivity contribution in [1.29, 1.82) is 0 Å². The van der Waals surface area contributed by atoms with Gasteiger partial charge in [0, 0.05) is 19.3 Å². The topological polar surface area (TPSA) is 21.3 Å². The Morgan fingerprint density at radius 1 is 1.44 bits per heavy atom. The molecule has 1 atom stereocenters. The van der Waals surface area contributed by atoms with Crippen LogP contribution in [0.4, 0.5) is 0 Å². The Hall–Kier alpha value is -0.340. The highest BCUT2D eigenvalue weighted by molar-refractivity contribution is 5.07. The molecule has 0 spiro atoms. The highest BCUT2D eigenvalue weighted by atomic mass is 16.5. The summed E-state index contributed by atoms with van der Waals surface area (Å²) in [6.07, 6.45) is 10.2. The summed E-state index contributed by atoms with van der Waals surface area (Å²) in [4.78, 5) is 0. The molecule has 1 aliphatic heterocycles. The van der Waals surface area contributed by atoms with E-state index in [1.54, 1.807) is 5.57 Å². The third-order valence-electron chi connectivity index (χ3n) is 4.02. The predicted molar refractivity (Wildman–Crippen MR) is 67.6 cm³/mol. The Labute approximate surface area is 99.4 Å². The lowest BCUT2D eigenvalue weighted by Crippen LogP contribution is -2.37. The molecule has 0 saturated carbocycles. The molecule has 0 aromatic rings. The summed E-state index contributed by atoms with van der Waals surface area (Å²) in [5.74, 6) is 0.825. The van der Waals surface area contributed by atoms with Crippen LogP contribution in [0.2, 0.25) is 0 Å². The maximum absolute atomic E-state index is 5.40. The lowest BCUT2D eigenvalue weighted by molar-refractivity contribution is 0.0561. The summed E-state index contributed by atoms with van der Waals surface area (Å²) in [5, 5.41) is 3.68. The molecule has 1 saturated heterocycles. The molecular weight excluding hydrogens is 198 g/mol. The minimum absolute atomic E-state index is 0.658. The second kappa shape index (κ2) is 6.41. The van der Waals surface area contributed by atoms with E-state index in [0.29, 0.717) is 6.04 Å². The second-order valence-electron chi connectivity index (χ2n) is 5.20. The zero-order chi connectivity index (χ0) is 11.2. The van der Waals surface area contributed by atoms with Crippen LogP contribution in [-0.2, 0) is 4.74 Å². The van der Waals surface area contributed by atoms with E-state index in [-0.39, 0.29) is 0 Å². The molecule has 92 valence electrons. The number of hydrogen-bond donors (Lipinski definition) is 1. The fourth-order valence-electron chi connectivity index (χ4n) is 2.81. The fourth-order valence-corrected chi connectivity index (χ4v) is 2.81. The van der Waals surface area contributed by atoms with Gasteiger partial charge in [-0.25, -0.2) is 0 Å². The number of ether oxygens (including phenoxy) is 1. The smallest absolute Gasteiger partial charge is 0.0469 e. The summed E-state index contributed by atoms with van der Waals surface area (Å²) in [5.41, 5.74) is 1.67. The monoisotopic (exact) mass is 223 g/mol. The van der Waals surface area contributed by atoms with Crippen LogP contribution in [0.25, 0.3) is 0 Å². The van der Waals surface area contributed by atoms with Gasteiger partial charge in [0.05, 0.1) is 0 Å². The summed E-state index contributed by atoms with van der Waals surface area (Å²) < 4.78 is 5.40. The first-order valence-electron chi connectivity index (χ1n) is 6.85. The van der Waals surface area contributed by atoms with Gasteiger partial charge in [0.15, 0.2) is 0 Å². The molecule has 1 unspecified atom stereocenters. The van der Waals surface area contributed by atoms with Crippen molar-refractivity contribution in [2.75, 3.05) is 19.8 Å². The molecule has 2 rings (SSSR count). The minimum Gasteiger partial charge on any atom is -0.381 e. The van der Waals surface area contributed by atoms with Crippen molar-refractivity contribution in [3.63, 3.8) is 0 Å². The third-order valence-corrected chi connectivity index (χ3v) is 4.02. The molecular formula is C14H25NO. The molecule has 0 radical (unpaired) electrons. The molecule has 1 heterocycles. The van der Waals surface area contributed by atoms with Crippen molar-refractivity contribution in [2.24, 2.45) is 5.92 Å². The summed E-state index contributed by atoms with van der Waals surface area (Å²) in [6, 6.07) is 0.658. The maximum Gasteiger partial charge on any atom is 0.0469 e. The Bertz CT molecular complexity index is 231. The van der Waals surface area contributed by atoms with E-state index in [9.17, 15) is 0 Å². The number of rotatable bonds is 5. The van der Waals surface area contributed by atoms with E-state index in [0.717, 1.165) is 25.7 Å². The van der Waals surface area contributed by atoms with Crippen molar-refractivity contribution in [3.8, 4) is 0 Å². The number of allylic oxidation sites excluding steroid dienone is 1. The van der Waals surface area contributed by atoms with Gasteiger partial charge in [-0.3, -0.25) is 0 Å². The SMILES string of the molecule is CC(NCCC1=CCCC1)C1CCOCC1. The van der Waals surface area contributed by atoms with Gasteiger partial charge in [-0.15, -0.1) is 0 Å². The normalized spacial score (nSPS) is 24.4. The third kappa shape index (κ3) is 3.60. The molecule has 1 N–H and O–H groups in total. The fraction of sp³-hybridized carbons (Fsp3) is 0.857. The van der Waals surface area contributed by atoms with E-state index in [2.05, 4.69) is 18.3 Å². The van der Waals surface area contributed by atoms with Crippen LogP contribution in [-0.4, -0.2) is 25.8 Å². The molecule has 16 heavy (non-hydrogen) atoms. The molecule has 1 aliphatic carbocycles. The van der Waals surface area contributed by atoms with Crippen molar-refractivity contribution in [1.82, 2.24) is 5.32 Å². The zero-order valence-corrected chi connectivity index (χ0v) is 10.5. The lowest BCUT2D eigenvalue weighted by Gasteiger charge is -2.28. The standard InChI is InChI=1S/C14H25NO/c1-12(14-7-10-16-11-8-14)15-9-6-13-4-2-3-5-13/h4,12,14-15H,2-3,5-11H2,1H3. The Morgan fingerprint density at radius 3 is 2.94 bits per heavy atom. The van der Waals surface area contributed by atoms with Crippen LogP contribution in [0.3, 0.4) is 0 Å². The molecule has 1 fully saturated rings. The molecule has 2 heteroatoms. The van der Waals surface area contributed by atoms with Crippen LogP contribution >= 0.6 is 0 Å². The molecule has 0 aromatic heterocycles. The van der Waals surface area contributed by atoms with Gasteiger partial charge in [-0.1, -0.05) is 11.6 Å². The van der Waals surface area contributed by atoms with Crippen LogP contribution < -0.4 is 5.32 Å². The second-order valence-corrected chi connectivity index (χ2v) is 5.20. The average Bonchev–Trinajstić information content (AvgIpc) is 2.83. The van der Waals surface area contributed by atoms with Gasteiger partial charge in [-0.2, -0.15) is 0 Å². The van der Waals surface area contributed by atoms with Crippen molar-refractivity contribution in [2.45, 2.75) is 51.5 Å².